The van der Waals surface area contributed by atoms with Crippen LogP contribution in [0.5, 0.6) is 0 Å². The lowest BCUT2D eigenvalue weighted by molar-refractivity contribution is 0.238. The van der Waals surface area contributed by atoms with E-state index in [0.29, 0.717) is 16.8 Å². The van der Waals surface area contributed by atoms with Crippen molar-refractivity contribution in [2.75, 3.05) is 30.3 Å². The summed E-state index contributed by atoms with van der Waals surface area (Å²) in [5.41, 5.74) is 6.32. The minimum Gasteiger partial charge on any atom is -0.399 e. The fourth-order valence-corrected chi connectivity index (χ4v) is 2.07. The summed E-state index contributed by atoms with van der Waals surface area (Å²) in [6.45, 7) is 1.95. The number of pyridine rings is 1. The molecule has 0 bridgehead atoms. The van der Waals surface area contributed by atoms with Gasteiger partial charge in [0.25, 0.3) is 0 Å². The highest BCUT2D eigenvalue weighted by molar-refractivity contribution is 6.29. The molecule has 0 spiro atoms. The van der Waals surface area contributed by atoms with Crippen LogP contribution < -0.4 is 10.6 Å². The Bertz CT molecular complexity index is 338. The van der Waals surface area contributed by atoms with Crippen molar-refractivity contribution in [3.63, 3.8) is 0 Å². The van der Waals surface area contributed by atoms with Gasteiger partial charge in [-0.3, -0.25) is 0 Å². The first-order valence-electron chi connectivity index (χ1n) is 4.98. The summed E-state index contributed by atoms with van der Waals surface area (Å²) in [6.07, 6.45) is 0.991. The lowest BCUT2D eigenvalue weighted by atomic mass is 10.1. The number of halogens is 1. The minimum absolute atomic E-state index is 0.229. The number of hydrogen-bond donors (Lipinski definition) is 2. The molecule has 1 aliphatic rings. The molecule has 5 heteroatoms. The molecule has 0 aliphatic carbocycles. The van der Waals surface area contributed by atoms with Crippen LogP contribution >= 0.6 is 11.6 Å². The molecule has 3 N–H and O–H groups in total. The summed E-state index contributed by atoms with van der Waals surface area (Å²) in [7, 11) is 0. The van der Waals surface area contributed by atoms with Crippen LogP contribution in [0.2, 0.25) is 5.15 Å². The van der Waals surface area contributed by atoms with E-state index in [1.807, 2.05) is 6.07 Å². The Morgan fingerprint density at radius 1 is 1.60 bits per heavy atom. The van der Waals surface area contributed by atoms with E-state index in [-0.39, 0.29) is 6.61 Å². The van der Waals surface area contributed by atoms with Crippen molar-refractivity contribution in [1.29, 1.82) is 0 Å². The Morgan fingerprint density at radius 2 is 2.40 bits per heavy atom. The standard InChI is InChI=1S/C10H14ClN3O/c11-9-3-8(12)4-10(13-9)14-2-1-7(5-14)6-15/h3-4,7,15H,1-2,5-6H2,(H2,12,13). The number of hydrogen-bond acceptors (Lipinski definition) is 4. The van der Waals surface area contributed by atoms with E-state index in [2.05, 4.69) is 9.88 Å². The molecule has 1 aromatic rings. The Morgan fingerprint density at radius 3 is 3.00 bits per heavy atom. The van der Waals surface area contributed by atoms with Crippen LogP contribution in [0.15, 0.2) is 12.1 Å². The van der Waals surface area contributed by atoms with Crippen molar-refractivity contribution in [1.82, 2.24) is 4.98 Å². The van der Waals surface area contributed by atoms with Crippen molar-refractivity contribution in [3.05, 3.63) is 17.3 Å². The zero-order valence-corrected chi connectivity index (χ0v) is 9.11. The van der Waals surface area contributed by atoms with Gasteiger partial charge in [0, 0.05) is 37.4 Å². The van der Waals surface area contributed by atoms with Gasteiger partial charge in [-0.1, -0.05) is 11.6 Å². The van der Waals surface area contributed by atoms with Crippen LogP contribution in [-0.2, 0) is 0 Å². The van der Waals surface area contributed by atoms with Crippen LogP contribution in [0.25, 0.3) is 0 Å². The normalized spacial score (nSPS) is 20.9. The van der Waals surface area contributed by atoms with Crippen LogP contribution in [0.1, 0.15) is 6.42 Å². The summed E-state index contributed by atoms with van der Waals surface area (Å²) >= 11 is 5.83. The van der Waals surface area contributed by atoms with E-state index in [0.717, 1.165) is 25.3 Å². The van der Waals surface area contributed by atoms with Crippen molar-refractivity contribution >= 4 is 23.1 Å². The number of aliphatic hydroxyl groups is 1. The summed E-state index contributed by atoms with van der Waals surface area (Å²) in [6, 6.07) is 3.44. The zero-order chi connectivity index (χ0) is 10.8. The van der Waals surface area contributed by atoms with Gasteiger partial charge in [-0.05, 0) is 12.5 Å². The van der Waals surface area contributed by atoms with Crippen LogP contribution in [0.4, 0.5) is 11.5 Å². The first-order chi connectivity index (χ1) is 7.19. The van der Waals surface area contributed by atoms with Gasteiger partial charge in [-0.25, -0.2) is 4.98 Å². The van der Waals surface area contributed by atoms with Crippen molar-refractivity contribution < 1.29 is 5.11 Å². The van der Waals surface area contributed by atoms with Gasteiger partial charge in [0.05, 0.1) is 0 Å². The summed E-state index contributed by atoms with van der Waals surface area (Å²) in [5, 5.41) is 9.46. The molecule has 1 atom stereocenters. The van der Waals surface area contributed by atoms with Crippen molar-refractivity contribution in [2.45, 2.75) is 6.42 Å². The highest BCUT2D eigenvalue weighted by atomic mass is 35.5. The molecule has 4 nitrogen and oxygen atoms in total. The molecule has 1 unspecified atom stereocenters. The van der Waals surface area contributed by atoms with Crippen molar-refractivity contribution in [3.8, 4) is 0 Å². The fourth-order valence-electron chi connectivity index (χ4n) is 1.85. The Kier molecular flexibility index (Phi) is 2.98. The van der Waals surface area contributed by atoms with Gasteiger partial charge in [0.2, 0.25) is 0 Å². The lowest BCUT2D eigenvalue weighted by Crippen LogP contribution is -2.21. The molecule has 0 amide bonds. The fraction of sp³-hybridized carbons (Fsp3) is 0.500. The predicted octanol–water partition coefficient (Wildman–Crippen LogP) is 1.14. The topological polar surface area (TPSA) is 62.4 Å². The van der Waals surface area contributed by atoms with E-state index in [4.69, 9.17) is 22.4 Å². The van der Waals surface area contributed by atoms with E-state index in [9.17, 15) is 0 Å². The average Bonchev–Trinajstić information content (AvgIpc) is 2.64. The Labute approximate surface area is 93.7 Å². The number of nitrogens with zero attached hydrogens (tertiary/aromatic N) is 2. The first-order valence-corrected chi connectivity index (χ1v) is 5.35. The van der Waals surface area contributed by atoms with Crippen molar-refractivity contribution in [2.24, 2.45) is 5.92 Å². The molecule has 0 radical (unpaired) electrons. The third kappa shape index (κ3) is 2.33. The van der Waals surface area contributed by atoms with E-state index >= 15 is 0 Å². The summed E-state index contributed by atoms with van der Waals surface area (Å²) in [5.74, 6) is 1.14. The second-order valence-electron chi connectivity index (χ2n) is 3.86. The van der Waals surface area contributed by atoms with Gasteiger partial charge in [0.15, 0.2) is 0 Å². The monoisotopic (exact) mass is 227 g/mol. The Hall–Kier alpha value is -1.00. The lowest BCUT2D eigenvalue weighted by Gasteiger charge is -2.17. The van der Waals surface area contributed by atoms with E-state index in [1.165, 1.54) is 0 Å². The van der Waals surface area contributed by atoms with Crippen LogP contribution in [-0.4, -0.2) is 29.8 Å². The first kappa shape index (κ1) is 10.5. The maximum absolute atomic E-state index is 9.04. The second-order valence-corrected chi connectivity index (χ2v) is 4.25. The third-order valence-corrected chi connectivity index (χ3v) is 2.86. The molecule has 0 saturated carbocycles. The largest absolute Gasteiger partial charge is 0.399 e. The van der Waals surface area contributed by atoms with Gasteiger partial charge in [-0.2, -0.15) is 0 Å². The molecular formula is C10H14ClN3O. The summed E-state index contributed by atoms with van der Waals surface area (Å²) in [4.78, 5) is 6.31. The smallest absolute Gasteiger partial charge is 0.133 e. The minimum atomic E-state index is 0.229. The molecule has 1 saturated heterocycles. The zero-order valence-electron chi connectivity index (χ0n) is 8.36. The number of nitrogens with two attached hydrogens (primary N) is 1. The highest BCUT2D eigenvalue weighted by Gasteiger charge is 2.22. The number of aromatic nitrogens is 1. The van der Waals surface area contributed by atoms with E-state index in [1.54, 1.807) is 6.07 Å². The molecule has 2 heterocycles. The van der Waals surface area contributed by atoms with E-state index < -0.39 is 0 Å². The predicted molar refractivity (Wildman–Crippen MR) is 61.1 cm³/mol. The summed E-state index contributed by atoms with van der Waals surface area (Å²) < 4.78 is 0. The van der Waals surface area contributed by atoms with Crippen LogP contribution in [0, 0.1) is 5.92 Å². The maximum atomic E-state index is 9.04. The van der Waals surface area contributed by atoms with Gasteiger partial charge >= 0.3 is 0 Å². The molecule has 15 heavy (non-hydrogen) atoms. The average molecular weight is 228 g/mol. The molecule has 1 aromatic heterocycles. The van der Waals surface area contributed by atoms with Gasteiger partial charge in [0.1, 0.15) is 11.0 Å². The number of anilines is 2. The maximum Gasteiger partial charge on any atom is 0.133 e. The SMILES string of the molecule is Nc1cc(Cl)nc(N2CCC(CO)C2)c1. The number of aliphatic hydroxyl groups excluding tert-OH is 1. The molecule has 82 valence electrons. The molecule has 0 aromatic carbocycles. The van der Waals surface area contributed by atoms with Crippen LogP contribution in [0.3, 0.4) is 0 Å². The Balaban J connectivity index is 2.16. The number of nitrogen functional groups attached to an aromatic ring is 1. The van der Waals surface area contributed by atoms with Gasteiger partial charge < -0.3 is 15.7 Å². The highest BCUT2D eigenvalue weighted by Crippen LogP contribution is 2.25. The molecule has 1 fully saturated rings. The number of rotatable bonds is 2. The third-order valence-electron chi connectivity index (χ3n) is 2.67. The van der Waals surface area contributed by atoms with Gasteiger partial charge in [-0.15, -0.1) is 0 Å². The molecule has 1 aliphatic heterocycles. The molecule has 2 rings (SSSR count). The second kappa shape index (κ2) is 4.24. The quantitative estimate of drug-likeness (QED) is 0.744. The molecular weight excluding hydrogens is 214 g/mol.